The summed E-state index contributed by atoms with van der Waals surface area (Å²) in [4.78, 5) is 4.25. The molecule has 0 aliphatic carbocycles. The highest BCUT2D eigenvalue weighted by atomic mass is 14.6. The first-order valence-corrected chi connectivity index (χ1v) is 6.35. The summed E-state index contributed by atoms with van der Waals surface area (Å²) in [6.07, 6.45) is 3.76. The van der Waals surface area contributed by atoms with Gasteiger partial charge in [0.2, 0.25) is 0 Å². The summed E-state index contributed by atoms with van der Waals surface area (Å²) < 4.78 is 0. The Balaban J connectivity index is 2.21. The van der Waals surface area contributed by atoms with Crippen molar-refractivity contribution in [3.8, 4) is 11.1 Å². The molecule has 0 fully saturated rings. The van der Waals surface area contributed by atoms with Gasteiger partial charge in [-0.15, -0.1) is 0 Å². The van der Waals surface area contributed by atoms with Crippen molar-refractivity contribution in [3.63, 3.8) is 0 Å². The molecule has 1 heterocycles. The highest BCUT2D eigenvalue weighted by Gasteiger charge is 2.03. The Morgan fingerprint density at radius 3 is 2.53 bits per heavy atom. The third kappa shape index (κ3) is 2.17. The van der Waals surface area contributed by atoms with Gasteiger partial charge in [0.1, 0.15) is 0 Å². The van der Waals surface area contributed by atoms with E-state index in [-0.39, 0.29) is 0 Å². The summed E-state index contributed by atoms with van der Waals surface area (Å²) in [6, 6.07) is 12.7. The second-order valence-electron chi connectivity index (χ2n) is 5.02. The number of aryl methyl sites for hydroxylation is 2. The van der Waals surface area contributed by atoms with Crippen LogP contribution in [0.1, 0.15) is 11.1 Å². The molecule has 0 aliphatic heterocycles. The molecule has 1 aromatic heterocycles. The van der Waals surface area contributed by atoms with Gasteiger partial charge in [0.15, 0.2) is 0 Å². The Morgan fingerprint density at radius 1 is 0.895 bits per heavy atom. The van der Waals surface area contributed by atoms with Crippen LogP contribution in [0.5, 0.6) is 0 Å². The molecule has 0 spiro atoms. The van der Waals surface area contributed by atoms with E-state index < -0.39 is 0 Å². The lowest BCUT2D eigenvalue weighted by molar-refractivity contribution is 1.27. The van der Waals surface area contributed by atoms with Crippen LogP contribution in [-0.2, 0) is 0 Å². The number of anilines is 1. The van der Waals surface area contributed by atoms with Crippen molar-refractivity contribution in [2.75, 3.05) is 5.73 Å². The molecule has 0 unspecified atom stereocenters. The SMILES string of the molecule is Cc1cncc(-c2ccc3c(C)cc(N)cc3c2)c1. The van der Waals surface area contributed by atoms with Crippen LogP contribution in [0, 0.1) is 13.8 Å². The number of hydrogen-bond acceptors (Lipinski definition) is 2. The lowest BCUT2D eigenvalue weighted by atomic mass is 9.99. The van der Waals surface area contributed by atoms with E-state index in [0.717, 1.165) is 11.3 Å². The topological polar surface area (TPSA) is 38.9 Å². The first kappa shape index (κ1) is 11.7. The van der Waals surface area contributed by atoms with Gasteiger partial charge in [-0.1, -0.05) is 12.1 Å². The van der Waals surface area contributed by atoms with Crippen molar-refractivity contribution in [2.24, 2.45) is 0 Å². The Hall–Kier alpha value is -2.35. The minimum atomic E-state index is 0.810. The lowest BCUT2D eigenvalue weighted by Crippen LogP contribution is -1.88. The van der Waals surface area contributed by atoms with Gasteiger partial charge in [-0.05, 0) is 65.6 Å². The first-order valence-electron chi connectivity index (χ1n) is 6.35. The average Bonchev–Trinajstić information content (AvgIpc) is 2.37. The number of nitrogen functional groups attached to an aromatic ring is 1. The number of hydrogen-bond donors (Lipinski definition) is 1. The Bertz CT molecular complexity index is 760. The van der Waals surface area contributed by atoms with Crippen molar-refractivity contribution >= 4 is 16.5 Å². The number of aromatic nitrogens is 1. The van der Waals surface area contributed by atoms with E-state index in [1.54, 1.807) is 0 Å². The molecule has 0 atom stereocenters. The summed E-state index contributed by atoms with van der Waals surface area (Å²) >= 11 is 0. The van der Waals surface area contributed by atoms with Crippen LogP contribution in [0.3, 0.4) is 0 Å². The Morgan fingerprint density at radius 2 is 1.74 bits per heavy atom. The minimum Gasteiger partial charge on any atom is -0.399 e. The third-order valence-electron chi connectivity index (χ3n) is 3.39. The zero-order valence-electron chi connectivity index (χ0n) is 11.1. The maximum atomic E-state index is 5.93. The molecule has 0 saturated heterocycles. The zero-order valence-corrected chi connectivity index (χ0v) is 11.1. The van der Waals surface area contributed by atoms with Crippen LogP contribution in [0.2, 0.25) is 0 Å². The van der Waals surface area contributed by atoms with Crippen LogP contribution in [0.15, 0.2) is 48.8 Å². The maximum Gasteiger partial charge on any atom is 0.0346 e. The molecule has 2 aromatic carbocycles. The number of benzene rings is 2. The smallest absolute Gasteiger partial charge is 0.0346 e. The summed E-state index contributed by atoms with van der Waals surface area (Å²) in [5.41, 5.74) is 11.4. The zero-order chi connectivity index (χ0) is 13.4. The van der Waals surface area contributed by atoms with Gasteiger partial charge in [-0.3, -0.25) is 4.98 Å². The fraction of sp³-hybridized carbons (Fsp3) is 0.118. The molecule has 0 bridgehead atoms. The number of fused-ring (bicyclic) bond motifs is 1. The van der Waals surface area contributed by atoms with Crippen LogP contribution < -0.4 is 5.73 Å². The molecule has 0 amide bonds. The summed E-state index contributed by atoms with van der Waals surface area (Å²) in [7, 11) is 0. The van der Waals surface area contributed by atoms with Crippen molar-refractivity contribution in [1.29, 1.82) is 0 Å². The van der Waals surface area contributed by atoms with Gasteiger partial charge < -0.3 is 5.73 Å². The second kappa shape index (κ2) is 4.39. The maximum absolute atomic E-state index is 5.93. The fourth-order valence-corrected chi connectivity index (χ4v) is 2.48. The van der Waals surface area contributed by atoms with Gasteiger partial charge >= 0.3 is 0 Å². The van der Waals surface area contributed by atoms with Crippen LogP contribution in [0.25, 0.3) is 21.9 Å². The molecular formula is C17H16N2. The molecule has 0 aliphatic rings. The standard InChI is InChI=1S/C17H16N2/c1-11-5-15(10-19-9-11)13-3-4-17-12(2)6-16(18)8-14(17)7-13/h3-10H,18H2,1-2H3. The van der Waals surface area contributed by atoms with E-state index in [0.29, 0.717) is 0 Å². The van der Waals surface area contributed by atoms with Gasteiger partial charge in [-0.25, -0.2) is 0 Å². The monoisotopic (exact) mass is 248 g/mol. The highest BCUT2D eigenvalue weighted by Crippen LogP contribution is 2.28. The van der Waals surface area contributed by atoms with Crippen molar-refractivity contribution < 1.29 is 0 Å². The molecule has 19 heavy (non-hydrogen) atoms. The van der Waals surface area contributed by atoms with Gasteiger partial charge in [-0.2, -0.15) is 0 Å². The largest absolute Gasteiger partial charge is 0.399 e. The number of rotatable bonds is 1. The van der Waals surface area contributed by atoms with E-state index >= 15 is 0 Å². The fourth-order valence-electron chi connectivity index (χ4n) is 2.48. The van der Waals surface area contributed by atoms with Crippen LogP contribution in [-0.4, -0.2) is 4.98 Å². The molecule has 2 heteroatoms. The molecular weight excluding hydrogens is 232 g/mol. The summed E-state index contributed by atoms with van der Waals surface area (Å²) in [5, 5.41) is 2.43. The number of nitrogens with zero attached hydrogens (tertiary/aromatic N) is 1. The predicted molar refractivity (Wildman–Crippen MR) is 81.1 cm³/mol. The van der Waals surface area contributed by atoms with Crippen LogP contribution >= 0.6 is 0 Å². The Kier molecular flexibility index (Phi) is 2.71. The van der Waals surface area contributed by atoms with E-state index in [2.05, 4.69) is 43.1 Å². The van der Waals surface area contributed by atoms with Gasteiger partial charge in [0.05, 0.1) is 0 Å². The van der Waals surface area contributed by atoms with Crippen molar-refractivity contribution in [2.45, 2.75) is 13.8 Å². The van der Waals surface area contributed by atoms with Crippen molar-refractivity contribution in [1.82, 2.24) is 4.98 Å². The van der Waals surface area contributed by atoms with E-state index in [1.807, 2.05) is 24.5 Å². The molecule has 3 aromatic rings. The molecule has 2 N–H and O–H groups in total. The lowest BCUT2D eigenvalue weighted by Gasteiger charge is -2.08. The Labute approximate surface area is 112 Å². The molecule has 2 nitrogen and oxygen atoms in total. The van der Waals surface area contributed by atoms with E-state index in [4.69, 9.17) is 5.73 Å². The molecule has 94 valence electrons. The number of pyridine rings is 1. The van der Waals surface area contributed by atoms with Crippen LogP contribution in [0.4, 0.5) is 5.69 Å². The highest BCUT2D eigenvalue weighted by molar-refractivity contribution is 5.91. The molecule has 0 saturated carbocycles. The predicted octanol–water partition coefficient (Wildman–Crippen LogP) is 4.10. The van der Waals surface area contributed by atoms with E-state index in [9.17, 15) is 0 Å². The third-order valence-corrected chi connectivity index (χ3v) is 3.39. The second-order valence-corrected chi connectivity index (χ2v) is 5.02. The summed E-state index contributed by atoms with van der Waals surface area (Å²) in [5.74, 6) is 0. The molecule has 0 radical (unpaired) electrons. The normalized spacial score (nSPS) is 10.8. The minimum absolute atomic E-state index is 0.810. The van der Waals surface area contributed by atoms with E-state index in [1.165, 1.54) is 27.5 Å². The molecule has 3 rings (SSSR count). The average molecular weight is 248 g/mol. The number of nitrogens with two attached hydrogens (primary N) is 1. The van der Waals surface area contributed by atoms with Crippen molar-refractivity contribution in [3.05, 3.63) is 59.9 Å². The van der Waals surface area contributed by atoms with Gasteiger partial charge in [0, 0.05) is 23.6 Å². The summed E-state index contributed by atoms with van der Waals surface area (Å²) in [6.45, 7) is 4.15. The quantitative estimate of drug-likeness (QED) is 0.658. The van der Waals surface area contributed by atoms with Gasteiger partial charge in [0.25, 0.3) is 0 Å². The first-order chi connectivity index (χ1) is 9.13.